The Morgan fingerprint density at radius 3 is 2.37 bits per heavy atom. The van der Waals surface area contributed by atoms with Crippen molar-refractivity contribution in [3.63, 3.8) is 0 Å². The van der Waals surface area contributed by atoms with E-state index in [1.165, 1.54) is 12.1 Å². The zero-order chi connectivity index (χ0) is 22.1. The van der Waals surface area contributed by atoms with Gasteiger partial charge in [0.2, 0.25) is 0 Å². The number of halogens is 5. The zero-order valence-electron chi connectivity index (χ0n) is 16.1. The molecule has 0 aliphatic rings. The number of pyridine rings is 1. The number of nitrogens with one attached hydrogen (secondary N) is 2. The highest BCUT2D eigenvalue weighted by Crippen LogP contribution is 2.31. The van der Waals surface area contributed by atoms with Gasteiger partial charge in [-0.2, -0.15) is 13.2 Å². The van der Waals surface area contributed by atoms with E-state index in [1.807, 2.05) is 0 Å². The van der Waals surface area contributed by atoms with E-state index < -0.39 is 35.3 Å². The Hall–Kier alpha value is -3.23. The summed E-state index contributed by atoms with van der Waals surface area (Å²) in [5.74, 6) is -2.13. The number of amides is 1. The molecule has 1 heterocycles. The van der Waals surface area contributed by atoms with Gasteiger partial charge in [0.25, 0.3) is 5.91 Å². The number of carbonyl (C=O) groups excluding carboxylic acids is 1. The first-order chi connectivity index (χ1) is 14.1. The molecule has 0 radical (unpaired) electrons. The highest BCUT2D eigenvalue weighted by Gasteiger charge is 2.30. The molecule has 0 spiro atoms. The van der Waals surface area contributed by atoms with Gasteiger partial charge in [0.05, 0.1) is 22.7 Å². The minimum atomic E-state index is -4.49. The maximum atomic E-state index is 14.1. The van der Waals surface area contributed by atoms with E-state index in [9.17, 15) is 26.7 Å². The number of hydrogen-bond donors (Lipinski definition) is 2. The predicted molar refractivity (Wildman–Crippen MR) is 103 cm³/mol. The maximum Gasteiger partial charge on any atom is 0.416 e. The predicted octanol–water partition coefficient (Wildman–Crippen LogP) is 5.45. The van der Waals surface area contributed by atoms with Crippen molar-refractivity contribution in [2.24, 2.45) is 0 Å². The molecule has 0 saturated heterocycles. The van der Waals surface area contributed by atoms with Crippen LogP contribution in [-0.4, -0.2) is 17.4 Å². The summed E-state index contributed by atoms with van der Waals surface area (Å²) in [7, 11) is 0. The van der Waals surface area contributed by atoms with Crippen LogP contribution in [-0.2, 0) is 6.18 Å². The van der Waals surface area contributed by atoms with Gasteiger partial charge in [0, 0.05) is 18.1 Å². The Kier molecular flexibility index (Phi) is 5.91. The fraction of sp³-hybridized carbons (Fsp3) is 0.238. The molecule has 0 fully saturated rings. The van der Waals surface area contributed by atoms with Gasteiger partial charge in [0.15, 0.2) is 0 Å². The van der Waals surface area contributed by atoms with Crippen molar-refractivity contribution >= 4 is 22.5 Å². The average molecular weight is 423 g/mol. The van der Waals surface area contributed by atoms with Gasteiger partial charge in [-0.15, -0.1) is 0 Å². The topological polar surface area (TPSA) is 54.0 Å². The van der Waals surface area contributed by atoms with Gasteiger partial charge in [0.1, 0.15) is 17.3 Å². The molecule has 1 amide bonds. The van der Waals surface area contributed by atoms with Crippen molar-refractivity contribution in [3.8, 4) is 0 Å². The number of rotatable bonds is 5. The molecule has 3 rings (SSSR count). The molecule has 0 aliphatic heterocycles. The van der Waals surface area contributed by atoms with Crippen molar-refractivity contribution in [1.29, 1.82) is 0 Å². The van der Waals surface area contributed by atoms with Crippen molar-refractivity contribution in [3.05, 3.63) is 70.9 Å². The Morgan fingerprint density at radius 1 is 1.10 bits per heavy atom. The lowest BCUT2D eigenvalue weighted by atomic mass is 10.1. The number of benzene rings is 2. The van der Waals surface area contributed by atoms with Crippen molar-refractivity contribution in [1.82, 2.24) is 10.3 Å². The molecule has 30 heavy (non-hydrogen) atoms. The van der Waals surface area contributed by atoms with Gasteiger partial charge in [-0.1, -0.05) is 6.07 Å². The molecular weight excluding hydrogens is 405 g/mol. The van der Waals surface area contributed by atoms with Crippen LogP contribution in [0.5, 0.6) is 0 Å². The standard InChI is InChI=1S/C21H18F5N3O/c1-3-27-19-16(22)7-13(8-17(19)23)11(2)29-20(30)14-6-12-4-5-15(21(24,25)26)9-18(12)28-10-14/h4-11,27H,3H2,1-2H3,(H,29,30)/t11-/m1/s1. The summed E-state index contributed by atoms with van der Waals surface area (Å²) in [6.07, 6.45) is -3.34. The van der Waals surface area contributed by atoms with Crippen LogP contribution in [0.25, 0.3) is 10.9 Å². The fourth-order valence-corrected chi connectivity index (χ4v) is 2.97. The Labute approximate surface area is 169 Å². The summed E-state index contributed by atoms with van der Waals surface area (Å²) >= 11 is 0. The molecule has 1 atom stereocenters. The summed E-state index contributed by atoms with van der Waals surface area (Å²) in [6, 6.07) is 5.98. The molecular formula is C21H18F5N3O. The lowest BCUT2D eigenvalue weighted by Crippen LogP contribution is -2.27. The number of anilines is 1. The van der Waals surface area contributed by atoms with Crippen LogP contribution in [0, 0.1) is 11.6 Å². The number of aromatic nitrogens is 1. The number of carbonyl (C=O) groups is 1. The maximum absolute atomic E-state index is 14.1. The van der Waals surface area contributed by atoms with E-state index in [-0.39, 0.29) is 22.3 Å². The van der Waals surface area contributed by atoms with Crippen LogP contribution in [0.4, 0.5) is 27.6 Å². The van der Waals surface area contributed by atoms with Gasteiger partial charge in [-0.3, -0.25) is 9.78 Å². The second-order valence-electron chi connectivity index (χ2n) is 6.71. The summed E-state index contributed by atoms with van der Waals surface area (Å²) in [5, 5.41) is 5.55. The Bertz CT molecular complexity index is 1070. The molecule has 3 aromatic rings. The third-order valence-electron chi connectivity index (χ3n) is 4.54. The van der Waals surface area contributed by atoms with Gasteiger partial charge < -0.3 is 10.6 Å². The molecule has 1 aromatic heterocycles. The molecule has 0 unspecified atom stereocenters. The number of fused-ring (bicyclic) bond motifs is 1. The second kappa shape index (κ2) is 8.25. The first-order valence-corrected chi connectivity index (χ1v) is 9.10. The summed E-state index contributed by atoms with van der Waals surface area (Å²) in [4.78, 5) is 16.4. The Balaban J connectivity index is 1.80. The normalized spacial score (nSPS) is 12.6. The largest absolute Gasteiger partial charge is 0.416 e. The first-order valence-electron chi connectivity index (χ1n) is 9.10. The SMILES string of the molecule is CCNc1c(F)cc([C@@H](C)NC(=O)c2cnc3cc(C(F)(F)F)ccc3c2)cc1F. The molecule has 2 N–H and O–H groups in total. The molecule has 0 bridgehead atoms. The highest BCUT2D eigenvalue weighted by molar-refractivity contribution is 5.97. The summed E-state index contributed by atoms with van der Waals surface area (Å²) in [5.41, 5.74) is -0.643. The van der Waals surface area contributed by atoms with Crippen LogP contribution in [0.2, 0.25) is 0 Å². The lowest BCUT2D eigenvalue weighted by molar-refractivity contribution is -0.137. The van der Waals surface area contributed by atoms with Crippen molar-refractivity contribution < 1.29 is 26.7 Å². The van der Waals surface area contributed by atoms with Crippen LogP contribution >= 0.6 is 0 Å². The summed E-state index contributed by atoms with van der Waals surface area (Å²) < 4.78 is 66.6. The van der Waals surface area contributed by atoms with Gasteiger partial charge in [-0.25, -0.2) is 8.78 Å². The number of nitrogens with zero attached hydrogens (tertiary/aromatic N) is 1. The van der Waals surface area contributed by atoms with Crippen molar-refractivity contribution in [2.45, 2.75) is 26.1 Å². The minimum absolute atomic E-state index is 0.0950. The third-order valence-corrected chi connectivity index (χ3v) is 4.54. The van der Waals surface area contributed by atoms with E-state index in [0.29, 0.717) is 11.9 Å². The van der Waals surface area contributed by atoms with Gasteiger partial charge in [-0.05, 0) is 49.7 Å². The monoisotopic (exact) mass is 423 g/mol. The van der Waals surface area contributed by atoms with E-state index in [0.717, 1.165) is 30.5 Å². The third kappa shape index (κ3) is 4.50. The first kappa shape index (κ1) is 21.5. The summed E-state index contributed by atoms with van der Waals surface area (Å²) in [6.45, 7) is 3.61. The smallest absolute Gasteiger partial charge is 0.381 e. The second-order valence-corrected chi connectivity index (χ2v) is 6.71. The number of hydrogen-bond acceptors (Lipinski definition) is 3. The molecule has 9 heteroatoms. The van der Waals surface area contributed by atoms with Crippen LogP contribution in [0.15, 0.2) is 42.6 Å². The van der Waals surface area contributed by atoms with E-state index >= 15 is 0 Å². The van der Waals surface area contributed by atoms with E-state index in [1.54, 1.807) is 13.8 Å². The molecule has 0 aliphatic carbocycles. The van der Waals surface area contributed by atoms with Crippen LogP contribution in [0.3, 0.4) is 0 Å². The molecule has 0 saturated carbocycles. The highest BCUT2D eigenvalue weighted by atomic mass is 19.4. The Morgan fingerprint density at radius 2 is 1.77 bits per heavy atom. The van der Waals surface area contributed by atoms with Gasteiger partial charge >= 0.3 is 6.18 Å². The minimum Gasteiger partial charge on any atom is -0.381 e. The quantitative estimate of drug-likeness (QED) is 0.537. The van der Waals surface area contributed by atoms with Crippen LogP contribution in [0.1, 0.15) is 41.4 Å². The fourth-order valence-electron chi connectivity index (χ4n) is 2.97. The number of alkyl halides is 3. The van der Waals surface area contributed by atoms with Crippen molar-refractivity contribution in [2.75, 3.05) is 11.9 Å². The zero-order valence-corrected chi connectivity index (χ0v) is 16.1. The van der Waals surface area contributed by atoms with E-state index in [4.69, 9.17) is 0 Å². The molecule has 4 nitrogen and oxygen atoms in total. The molecule has 2 aromatic carbocycles. The molecule has 158 valence electrons. The van der Waals surface area contributed by atoms with E-state index in [2.05, 4.69) is 15.6 Å². The lowest BCUT2D eigenvalue weighted by Gasteiger charge is -2.16. The van der Waals surface area contributed by atoms with Crippen LogP contribution < -0.4 is 10.6 Å². The average Bonchev–Trinajstić information content (AvgIpc) is 2.68.